The largest absolute Gasteiger partial charge is 0.496 e. The molecular weight excluding hydrogens is 450 g/mol. The van der Waals surface area contributed by atoms with Crippen molar-refractivity contribution in [2.75, 3.05) is 27.3 Å². The van der Waals surface area contributed by atoms with Gasteiger partial charge in [0.15, 0.2) is 5.75 Å². The molecule has 1 aliphatic rings. The van der Waals surface area contributed by atoms with E-state index in [9.17, 15) is 9.59 Å². The summed E-state index contributed by atoms with van der Waals surface area (Å²) in [5, 5.41) is 3.18. The maximum Gasteiger partial charge on any atom is 0.280 e. The molecule has 0 aliphatic carbocycles. The van der Waals surface area contributed by atoms with Crippen molar-refractivity contribution < 1.29 is 19.1 Å². The fourth-order valence-corrected chi connectivity index (χ4v) is 3.79. The molecule has 0 unspecified atom stereocenters. The summed E-state index contributed by atoms with van der Waals surface area (Å²) in [6.07, 6.45) is 4.10. The fourth-order valence-electron chi connectivity index (χ4n) is 3.14. The topological polar surface area (TPSA) is 72.0 Å². The summed E-state index contributed by atoms with van der Waals surface area (Å²) >= 11 is 9.53. The number of carbonyl (C=O) groups is 2. The van der Waals surface area contributed by atoms with Crippen LogP contribution < -0.4 is 9.47 Å². The maximum atomic E-state index is 13.3. The van der Waals surface area contributed by atoms with Gasteiger partial charge in [-0.25, -0.2) is 5.01 Å². The molecule has 2 heterocycles. The van der Waals surface area contributed by atoms with E-state index in [0.29, 0.717) is 30.3 Å². The van der Waals surface area contributed by atoms with Gasteiger partial charge >= 0.3 is 0 Å². The number of halogens is 2. The Hall–Kier alpha value is -2.32. The van der Waals surface area contributed by atoms with Crippen LogP contribution >= 0.6 is 27.5 Å². The van der Waals surface area contributed by atoms with Gasteiger partial charge in [-0.15, -0.1) is 0 Å². The normalized spacial score (nSPS) is 13.6. The molecule has 0 spiro atoms. The molecule has 1 aliphatic heterocycles. The third kappa shape index (κ3) is 4.07. The first-order valence-corrected chi connectivity index (χ1v) is 9.75. The zero-order valence-electron chi connectivity index (χ0n) is 15.4. The third-order valence-corrected chi connectivity index (χ3v) is 5.11. The quantitative estimate of drug-likeness (QED) is 0.673. The minimum atomic E-state index is -0.394. The molecule has 1 fully saturated rings. The van der Waals surface area contributed by atoms with E-state index in [1.165, 1.54) is 24.2 Å². The summed E-state index contributed by atoms with van der Waals surface area (Å²) in [6.45, 7) is 0.872. The number of ether oxygens (including phenoxy) is 2. The predicted molar refractivity (Wildman–Crippen MR) is 108 cm³/mol. The average molecular weight is 469 g/mol. The molecule has 148 valence electrons. The lowest BCUT2D eigenvalue weighted by Gasteiger charge is -2.29. The standard InChI is InChI=1S/C19H19BrClN3O4/c1-27-15-5-4-14(21)18(28-2)17(15)19(26)24-7-3-6-23(24)16(25)9-12-8-13(20)11-22-10-12/h4-5,8,10-11H,3,6-7,9H2,1-2H3. The van der Waals surface area contributed by atoms with Crippen LogP contribution in [-0.4, -0.2) is 54.1 Å². The van der Waals surface area contributed by atoms with Gasteiger partial charge in [0.05, 0.1) is 25.7 Å². The Kier molecular flexibility index (Phi) is 6.41. The number of methoxy groups -OCH3 is 2. The van der Waals surface area contributed by atoms with Crippen molar-refractivity contribution in [3.8, 4) is 11.5 Å². The molecule has 7 nitrogen and oxygen atoms in total. The highest BCUT2D eigenvalue weighted by Crippen LogP contribution is 2.37. The van der Waals surface area contributed by atoms with E-state index < -0.39 is 5.91 Å². The van der Waals surface area contributed by atoms with E-state index in [0.717, 1.165) is 10.0 Å². The molecular formula is C19H19BrClN3O4. The number of rotatable bonds is 5. The molecule has 1 saturated heterocycles. The Labute approximate surface area is 176 Å². The van der Waals surface area contributed by atoms with Gasteiger partial charge in [-0.2, -0.15) is 0 Å². The molecule has 3 rings (SSSR count). The molecule has 2 aromatic rings. The number of amides is 2. The first-order valence-electron chi connectivity index (χ1n) is 8.58. The number of hydrogen-bond acceptors (Lipinski definition) is 5. The van der Waals surface area contributed by atoms with Crippen molar-refractivity contribution in [3.63, 3.8) is 0 Å². The minimum Gasteiger partial charge on any atom is -0.496 e. The number of pyridine rings is 1. The van der Waals surface area contributed by atoms with E-state index in [-0.39, 0.29) is 23.6 Å². The highest BCUT2D eigenvalue weighted by atomic mass is 79.9. The first kappa shape index (κ1) is 20.4. The van der Waals surface area contributed by atoms with E-state index in [1.54, 1.807) is 24.5 Å². The monoisotopic (exact) mass is 467 g/mol. The second-order valence-electron chi connectivity index (χ2n) is 6.14. The molecule has 0 atom stereocenters. The van der Waals surface area contributed by atoms with Crippen LogP contribution in [0.4, 0.5) is 0 Å². The summed E-state index contributed by atoms with van der Waals surface area (Å²) in [5.74, 6) is -0.0247. The van der Waals surface area contributed by atoms with Crippen molar-refractivity contribution in [1.29, 1.82) is 0 Å². The van der Waals surface area contributed by atoms with Crippen LogP contribution in [0, 0.1) is 0 Å². The zero-order chi connectivity index (χ0) is 20.3. The zero-order valence-corrected chi connectivity index (χ0v) is 17.8. The summed E-state index contributed by atoms with van der Waals surface area (Å²) in [6, 6.07) is 5.03. The molecule has 2 amide bonds. The third-order valence-electron chi connectivity index (χ3n) is 4.38. The van der Waals surface area contributed by atoms with E-state index in [2.05, 4.69) is 20.9 Å². The Bertz CT molecular complexity index is 909. The van der Waals surface area contributed by atoms with Crippen molar-refractivity contribution in [1.82, 2.24) is 15.0 Å². The van der Waals surface area contributed by atoms with E-state index >= 15 is 0 Å². The Morgan fingerprint density at radius 2 is 1.93 bits per heavy atom. The fraction of sp³-hybridized carbons (Fsp3) is 0.316. The molecule has 9 heteroatoms. The Morgan fingerprint density at radius 1 is 1.18 bits per heavy atom. The molecule has 1 aromatic carbocycles. The summed E-state index contributed by atoms with van der Waals surface area (Å²) in [4.78, 5) is 30.2. The van der Waals surface area contributed by atoms with Crippen LogP contribution in [0.15, 0.2) is 35.1 Å². The second kappa shape index (κ2) is 8.79. The van der Waals surface area contributed by atoms with Crippen molar-refractivity contribution in [3.05, 3.63) is 51.2 Å². The number of benzene rings is 1. The molecule has 1 aromatic heterocycles. The number of nitrogens with zero attached hydrogens (tertiary/aromatic N) is 3. The Balaban J connectivity index is 1.88. The van der Waals surface area contributed by atoms with E-state index in [1.807, 2.05) is 6.07 Å². The maximum absolute atomic E-state index is 13.3. The lowest BCUT2D eigenvalue weighted by molar-refractivity contribution is -0.139. The lowest BCUT2D eigenvalue weighted by atomic mass is 10.1. The average Bonchev–Trinajstić information content (AvgIpc) is 3.17. The second-order valence-corrected chi connectivity index (χ2v) is 7.47. The van der Waals surface area contributed by atoms with Crippen LogP contribution in [0.25, 0.3) is 0 Å². The highest BCUT2D eigenvalue weighted by Gasteiger charge is 2.34. The smallest absolute Gasteiger partial charge is 0.280 e. The number of aromatic nitrogens is 1. The first-order chi connectivity index (χ1) is 13.5. The highest BCUT2D eigenvalue weighted by molar-refractivity contribution is 9.10. The van der Waals surface area contributed by atoms with Gasteiger partial charge in [0.25, 0.3) is 5.91 Å². The molecule has 0 saturated carbocycles. The van der Waals surface area contributed by atoms with Gasteiger partial charge in [-0.1, -0.05) is 11.6 Å². The summed E-state index contributed by atoms with van der Waals surface area (Å²) in [7, 11) is 2.90. The SMILES string of the molecule is COc1ccc(Cl)c(OC)c1C(=O)N1CCCN1C(=O)Cc1cncc(Br)c1. The summed E-state index contributed by atoms with van der Waals surface area (Å²) in [5.41, 5.74) is 0.956. The van der Waals surface area contributed by atoms with Crippen LogP contribution in [0.2, 0.25) is 5.02 Å². The summed E-state index contributed by atoms with van der Waals surface area (Å²) < 4.78 is 11.4. The number of hydrogen-bond donors (Lipinski definition) is 0. The van der Waals surface area contributed by atoms with Gasteiger partial charge < -0.3 is 9.47 Å². The van der Waals surface area contributed by atoms with Gasteiger partial charge in [-0.05, 0) is 46.1 Å². The molecule has 0 bridgehead atoms. The van der Waals surface area contributed by atoms with Crippen LogP contribution in [-0.2, 0) is 11.2 Å². The molecule has 0 N–H and O–H groups in total. The number of carbonyl (C=O) groups excluding carboxylic acids is 2. The van der Waals surface area contributed by atoms with Gasteiger partial charge in [0, 0.05) is 30.0 Å². The van der Waals surface area contributed by atoms with Gasteiger partial charge in [0.2, 0.25) is 5.91 Å². The number of hydrazine groups is 1. The van der Waals surface area contributed by atoms with Crippen molar-refractivity contribution in [2.24, 2.45) is 0 Å². The molecule has 28 heavy (non-hydrogen) atoms. The van der Waals surface area contributed by atoms with Crippen LogP contribution in [0.3, 0.4) is 0 Å². The van der Waals surface area contributed by atoms with Crippen molar-refractivity contribution >= 4 is 39.3 Å². The Morgan fingerprint density at radius 3 is 2.61 bits per heavy atom. The van der Waals surface area contributed by atoms with E-state index in [4.69, 9.17) is 21.1 Å². The molecule has 0 radical (unpaired) electrons. The lowest BCUT2D eigenvalue weighted by Crippen LogP contribution is -2.45. The predicted octanol–water partition coefficient (Wildman–Crippen LogP) is 3.35. The van der Waals surface area contributed by atoms with Crippen LogP contribution in [0.1, 0.15) is 22.3 Å². The van der Waals surface area contributed by atoms with Crippen LogP contribution in [0.5, 0.6) is 11.5 Å². The van der Waals surface area contributed by atoms with Crippen molar-refractivity contribution in [2.45, 2.75) is 12.8 Å². The van der Waals surface area contributed by atoms with Gasteiger partial charge in [-0.3, -0.25) is 19.6 Å². The van der Waals surface area contributed by atoms with Gasteiger partial charge in [0.1, 0.15) is 11.3 Å². The minimum absolute atomic E-state index is 0.139.